The van der Waals surface area contributed by atoms with Crippen LogP contribution >= 0.6 is 11.8 Å². The monoisotopic (exact) mass is 497 g/mol. The molecule has 0 aromatic heterocycles. The lowest BCUT2D eigenvalue weighted by molar-refractivity contribution is -0.192. The van der Waals surface area contributed by atoms with E-state index >= 15 is 0 Å². The second-order valence-corrected chi connectivity index (χ2v) is 8.77. The van der Waals surface area contributed by atoms with Crippen LogP contribution in [0.25, 0.3) is 0 Å². The zero-order valence-electron chi connectivity index (χ0n) is 18.5. The number of Topliss-reactive ketones (excluding diaryl/α,β-unsaturated/α-hetero) is 1. The molecule has 0 heterocycles. The number of carboxylic acids is 2. The molecule has 1 rings (SSSR count). The number of nitrogens with one attached hydrogen (secondary N) is 1. The largest absolute Gasteiger partial charge is 0.490 e. The highest BCUT2D eigenvalue weighted by molar-refractivity contribution is 7.98. The number of halogens is 3. The van der Waals surface area contributed by atoms with Crippen molar-refractivity contribution in [1.82, 2.24) is 5.32 Å². The van der Waals surface area contributed by atoms with Gasteiger partial charge < -0.3 is 27.0 Å². The van der Waals surface area contributed by atoms with Crippen LogP contribution in [0.3, 0.4) is 0 Å². The fourth-order valence-electron chi connectivity index (χ4n) is 2.95. The lowest BCUT2D eigenvalue weighted by atomic mass is 9.64. The Morgan fingerprint density at radius 1 is 1.15 bits per heavy atom. The first kappa shape index (κ1) is 30.6. The number of allylic oxidation sites excluding steroid dienone is 3. The van der Waals surface area contributed by atoms with Crippen molar-refractivity contribution < 1.29 is 42.6 Å². The van der Waals surface area contributed by atoms with Gasteiger partial charge in [-0.05, 0) is 31.8 Å². The van der Waals surface area contributed by atoms with Gasteiger partial charge in [0.2, 0.25) is 5.91 Å². The van der Waals surface area contributed by atoms with Gasteiger partial charge in [-0.15, -0.1) is 0 Å². The molecule has 0 fully saturated rings. The van der Waals surface area contributed by atoms with Gasteiger partial charge in [0, 0.05) is 5.41 Å². The number of carbonyl (C=O) groups excluding carboxylic acids is 2. The van der Waals surface area contributed by atoms with Crippen LogP contribution in [0.15, 0.2) is 24.3 Å². The molecule has 1 aliphatic carbocycles. The van der Waals surface area contributed by atoms with E-state index in [0.717, 1.165) is 5.75 Å². The number of rotatable bonds is 10. The number of carbonyl (C=O) groups is 4. The van der Waals surface area contributed by atoms with E-state index in [1.807, 2.05) is 31.4 Å². The third-order valence-corrected chi connectivity index (χ3v) is 5.85. The molecule has 1 amide bonds. The van der Waals surface area contributed by atoms with E-state index < -0.39 is 59.3 Å². The molecule has 1 aliphatic rings. The zero-order valence-corrected chi connectivity index (χ0v) is 19.3. The van der Waals surface area contributed by atoms with Crippen LogP contribution in [0, 0.1) is 5.41 Å². The predicted molar refractivity (Wildman–Crippen MR) is 117 cm³/mol. The van der Waals surface area contributed by atoms with E-state index in [9.17, 15) is 27.6 Å². The standard InChI is InChI=1S/C18H29N3O4S.C2HF3O2/c1-17(8-5-4-6-9-17)18(2,15(24)13(20)11-14(22)23)21-16(25)12(19)7-10-26-3;3-2(4,5)1(6)7/h4-6,8,12-13H,7,9-11,19-20H2,1-3H3,(H,21,25)(H,22,23);(H,6,7)/t12-,13-,17?,18?;/m0./s1. The number of hydrogen-bond acceptors (Lipinski definition) is 7. The van der Waals surface area contributed by atoms with E-state index in [2.05, 4.69) is 5.32 Å². The summed E-state index contributed by atoms with van der Waals surface area (Å²) in [5.74, 6) is -4.17. The molecule has 9 nitrogen and oxygen atoms in total. The summed E-state index contributed by atoms with van der Waals surface area (Å²) >= 11 is 1.58. The Bertz CT molecular complexity index is 789. The molecule has 188 valence electrons. The Labute approximate surface area is 193 Å². The van der Waals surface area contributed by atoms with Crippen molar-refractivity contribution in [2.75, 3.05) is 12.0 Å². The maximum absolute atomic E-state index is 13.1. The summed E-state index contributed by atoms with van der Waals surface area (Å²) < 4.78 is 31.7. The van der Waals surface area contributed by atoms with Crippen LogP contribution in [-0.2, 0) is 19.2 Å². The SMILES string of the molecule is CSCC[C@H](N)C(=O)NC(C)(C(=O)[C@@H](N)CC(=O)O)C1(C)C=CC=CC1.O=C(O)C(F)(F)F. The smallest absolute Gasteiger partial charge is 0.481 e. The second kappa shape index (κ2) is 12.8. The Hall–Kier alpha value is -2.38. The summed E-state index contributed by atoms with van der Waals surface area (Å²) in [5.41, 5.74) is 9.67. The quantitative estimate of drug-likeness (QED) is 0.299. The summed E-state index contributed by atoms with van der Waals surface area (Å²) in [4.78, 5) is 45.5. The molecule has 0 aliphatic heterocycles. The highest BCUT2D eigenvalue weighted by atomic mass is 32.2. The highest BCUT2D eigenvalue weighted by Crippen LogP contribution is 2.40. The van der Waals surface area contributed by atoms with Crippen LogP contribution in [0.1, 0.15) is 33.1 Å². The van der Waals surface area contributed by atoms with Crippen molar-refractivity contribution in [3.63, 3.8) is 0 Å². The molecule has 0 aromatic rings. The van der Waals surface area contributed by atoms with Crippen molar-refractivity contribution in [2.45, 2.75) is 56.9 Å². The van der Waals surface area contributed by atoms with Crippen LogP contribution in [0.2, 0.25) is 0 Å². The number of nitrogens with two attached hydrogens (primary N) is 2. The molecule has 7 N–H and O–H groups in total. The number of thioether (sulfide) groups is 1. The van der Waals surface area contributed by atoms with E-state index in [1.165, 1.54) is 0 Å². The first-order chi connectivity index (χ1) is 15.0. The van der Waals surface area contributed by atoms with Gasteiger partial charge >= 0.3 is 18.1 Å². The fourth-order valence-corrected chi connectivity index (χ4v) is 3.44. The number of alkyl halides is 3. The third kappa shape index (κ3) is 9.18. The summed E-state index contributed by atoms with van der Waals surface area (Å²) in [6.45, 7) is 3.44. The van der Waals surface area contributed by atoms with Gasteiger partial charge in [-0.1, -0.05) is 31.2 Å². The van der Waals surface area contributed by atoms with Crippen molar-refractivity contribution >= 4 is 35.4 Å². The van der Waals surface area contributed by atoms with Crippen LogP contribution in [0.4, 0.5) is 13.2 Å². The normalized spacial score (nSPS) is 21.1. The minimum absolute atomic E-state index is 0.443. The number of ketones is 1. The van der Waals surface area contributed by atoms with Crippen LogP contribution < -0.4 is 16.8 Å². The van der Waals surface area contributed by atoms with Crippen molar-refractivity contribution in [1.29, 1.82) is 0 Å². The molecular weight excluding hydrogens is 467 g/mol. The van der Waals surface area contributed by atoms with Crippen LogP contribution in [0.5, 0.6) is 0 Å². The zero-order chi connectivity index (χ0) is 26.0. The van der Waals surface area contributed by atoms with Gasteiger partial charge in [-0.25, -0.2) is 4.79 Å². The fraction of sp³-hybridized carbons (Fsp3) is 0.600. The lowest BCUT2D eigenvalue weighted by Crippen LogP contribution is -2.67. The number of carboxylic acid groups (broad SMARTS) is 2. The number of hydrogen-bond donors (Lipinski definition) is 5. The molecule has 2 unspecified atom stereocenters. The molecule has 0 saturated heterocycles. The van der Waals surface area contributed by atoms with E-state index in [1.54, 1.807) is 24.8 Å². The number of aliphatic carboxylic acids is 2. The Morgan fingerprint density at radius 2 is 1.70 bits per heavy atom. The summed E-state index contributed by atoms with van der Waals surface area (Å²) in [6.07, 6.45) is 4.71. The van der Waals surface area contributed by atoms with Crippen molar-refractivity contribution in [3.05, 3.63) is 24.3 Å². The first-order valence-electron chi connectivity index (χ1n) is 9.74. The van der Waals surface area contributed by atoms with Gasteiger partial charge in [-0.3, -0.25) is 14.4 Å². The van der Waals surface area contributed by atoms with Crippen LogP contribution in [-0.4, -0.2) is 69.6 Å². The van der Waals surface area contributed by atoms with Crippen molar-refractivity contribution in [2.24, 2.45) is 16.9 Å². The lowest BCUT2D eigenvalue weighted by Gasteiger charge is -2.46. The van der Waals surface area contributed by atoms with Gasteiger partial charge in [0.15, 0.2) is 5.78 Å². The molecule has 0 saturated carbocycles. The average molecular weight is 498 g/mol. The van der Waals surface area contributed by atoms with E-state index in [-0.39, 0.29) is 0 Å². The molecule has 0 radical (unpaired) electrons. The topological polar surface area (TPSA) is 173 Å². The molecule has 33 heavy (non-hydrogen) atoms. The Morgan fingerprint density at radius 3 is 2.09 bits per heavy atom. The average Bonchev–Trinajstić information content (AvgIpc) is 2.70. The summed E-state index contributed by atoms with van der Waals surface area (Å²) in [7, 11) is 0. The molecule has 0 spiro atoms. The molecular formula is C20H30F3N3O6S. The summed E-state index contributed by atoms with van der Waals surface area (Å²) in [5, 5.41) is 18.9. The maximum Gasteiger partial charge on any atom is 0.490 e. The van der Waals surface area contributed by atoms with Gasteiger partial charge in [0.05, 0.1) is 18.5 Å². The van der Waals surface area contributed by atoms with Gasteiger partial charge in [0.25, 0.3) is 0 Å². The maximum atomic E-state index is 13.1. The summed E-state index contributed by atoms with van der Waals surface area (Å²) in [6, 6.07) is -1.98. The van der Waals surface area contributed by atoms with Crippen molar-refractivity contribution in [3.8, 4) is 0 Å². The minimum Gasteiger partial charge on any atom is -0.481 e. The molecule has 4 atom stereocenters. The number of amides is 1. The Balaban J connectivity index is 0.00000126. The second-order valence-electron chi connectivity index (χ2n) is 7.78. The minimum atomic E-state index is -5.08. The van der Waals surface area contributed by atoms with Gasteiger partial charge in [0.1, 0.15) is 5.54 Å². The van der Waals surface area contributed by atoms with Gasteiger partial charge in [-0.2, -0.15) is 24.9 Å². The predicted octanol–water partition coefficient (Wildman–Crippen LogP) is 1.47. The van der Waals surface area contributed by atoms with E-state index in [0.29, 0.717) is 12.8 Å². The third-order valence-electron chi connectivity index (χ3n) is 5.20. The molecule has 0 aromatic carbocycles. The highest BCUT2D eigenvalue weighted by Gasteiger charge is 2.51. The first-order valence-corrected chi connectivity index (χ1v) is 11.1. The Kier molecular flexibility index (Phi) is 11.8. The molecule has 0 bridgehead atoms. The molecule has 13 heteroatoms. The van der Waals surface area contributed by atoms with E-state index in [4.69, 9.17) is 26.5 Å².